The van der Waals surface area contributed by atoms with Crippen LogP contribution in [0.4, 0.5) is 0 Å². The molecule has 0 aromatic carbocycles. The molecule has 2 rings (SSSR count). The van der Waals surface area contributed by atoms with Crippen molar-refractivity contribution >= 4 is 0 Å². The van der Waals surface area contributed by atoms with E-state index in [0.29, 0.717) is 5.41 Å². The molecular formula is C14H31NO. The first kappa shape index (κ1) is 15.9. The van der Waals surface area contributed by atoms with Crippen molar-refractivity contribution in [3.63, 3.8) is 0 Å². The summed E-state index contributed by atoms with van der Waals surface area (Å²) < 4.78 is 5.29. The Balaban J connectivity index is 0.000000509. The van der Waals surface area contributed by atoms with Gasteiger partial charge in [-0.1, -0.05) is 27.7 Å². The Morgan fingerprint density at radius 1 is 0.938 bits per heavy atom. The molecule has 0 bridgehead atoms. The van der Waals surface area contributed by atoms with E-state index in [0.717, 1.165) is 19.3 Å². The average Bonchev–Trinajstić information content (AvgIpc) is 2.32. The number of piperidine rings is 1. The molecule has 2 saturated heterocycles. The standard InChI is InChI=1S/C10H19NO.2C2H6/c1-9(2)11-5-3-10(4-6-11)7-12-8-10;2*1-2/h9H,3-8H2,1-2H3;2*1-2H3. The topological polar surface area (TPSA) is 12.5 Å². The summed E-state index contributed by atoms with van der Waals surface area (Å²) >= 11 is 0. The van der Waals surface area contributed by atoms with Crippen molar-refractivity contribution in [2.75, 3.05) is 26.3 Å². The molecule has 16 heavy (non-hydrogen) atoms. The summed E-state index contributed by atoms with van der Waals surface area (Å²) in [7, 11) is 0. The van der Waals surface area contributed by atoms with Gasteiger partial charge in [-0.3, -0.25) is 0 Å². The molecule has 98 valence electrons. The van der Waals surface area contributed by atoms with Gasteiger partial charge in [0.2, 0.25) is 0 Å². The van der Waals surface area contributed by atoms with E-state index in [2.05, 4.69) is 18.7 Å². The minimum atomic E-state index is 0.603. The van der Waals surface area contributed by atoms with Crippen LogP contribution in [-0.4, -0.2) is 37.2 Å². The zero-order valence-electron chi connectivity index (χ0n) is 12.2. The predicted octanol–water partition coefficient (Wildman–Crippen LogP) is 3.56. The molecule has 0 N–H and O–H groups in total. The Kier molecular flexibility index (Phi) is 8.04. The van der Waals surface area contributed by atoms with Crippen LogP contribution >= 0.6 is 0 Å². The summed E-state index contributed by atoms with van der Waals surface area (Å²) in [6.07, 6.45) is 2.70. The molecule has 0 amide bonds. The van der Waals surface area contributed by atoms with Crippen LogP contribution in [0.1, 0.15) is 54.4 Å². The van der Waals surface area contributed by atoms with E-state index in [4.69, 9.17) is 4.74 Å². The van der Waals surface area contributed by atoms with Gasteiger partial charge < -0.3 is 9.64 Å². The van der Waals surface area contributed by atoms with Gasteiger partial charge in [-0.15, -0.1) is 0 Å². The molecule has 0 aliphatic carbocycles. The number of hydrogen-bond acceptors (Lipinski definition) is 2. The van der Waals surface area contributed by atoms with E-state index in [-0.39, 0.29) is 0 Å². The van der Waals surface area contributed by atoms with Crippen molar-refractivity contribution in [1.29, 1.82) is 0 Å². The highest BCUT2D eigenvalue weighted by molar-refractivity contribution is 4.91. The van der Waals surface area contributed by atoms with Crippen molar-refractivity contribution in [3.05, 3.63) is 0 Å². The van der Waals surface area contributed by atoms with Crippen LogP contribution < -0.4 is 0 Å². The molecule has 0 saturated carbocycles. The first-order valence-electron chi connectivity index (χ1n) is 7.04. The van der Waals surface area contributed by atoms with E-state index >= 15 is 0 Å². The Labute approximate surface area is 102 Å². The number of rotatable bonds is 1. The van der Waals surface area contributed by atoms with Crippen LogP contribution in [0.15, 0.2) is 0 Å². The van der Waals surface area contributed by atoms with Gasteiger partial charge in [0.15, 0.2) is 0 Å². The Morgan fingerprint density at radius 2 is 1.38 bits per heavy atom. The molecule has 2 fully saturated rings. The summed E-state index contributed by atoms with van der Waals surface area (Å²) in [5.41, 5.74) is 0.603. The molecule has 0 aromatic heterocycles. The average molecular weight is 229 g/mol. The van der Waals surface area contributed by atoms with Crippen LogP contribution in [0, 0.1) is 5.41 Å². The van der Waals surface area contributed by atoms with Crippen LogP contribution in [-0.2, 0) is 4.74 Å². The van der Waals surface area contributed by atoms with E-state index in [1.165, 1.54) is 25.9 Å². The lowest BCUT2D eigenvalue weighted by Gasteiger charge is -2.48. The highest BCUT2D eigenvalue weighted by Crippen LogP contribution is 2.38. The zero-order valence-corrected chi connectivity index (χ0v) is 12.2. The normalized spacial score (nSPS) is 22.7. The highest BCUT2D eigenvalue weighted by Gasteiger charge is 2.41. The largest absolute Gasteiger partial charge is 0.380 e. The third kappa shape index (κ3) is 4.06. The molecule has 0 aromatic rings. The van der Waals surface area contributed by atoms with Gasteiger partial charge in [-0.05, 0) is 39.8 Å². The van der Waals surface area contributed by atoms with Gasteiger partial charge >= 0.3 is 0 Å². The van der Waals surface area contributed by atoms with Gasteiger partial charge in [0.1, 0.15) is 0 Å². The van der Waals surface area contributed by atoms with Crippen LogP contribution in [0.25, 0.3) is 0 Å². The fourth-order valence-corrected chi connectivity index (χ4v) is 2.19. The molecule has 0 atom stereocenters. The second-order valence-corrected chi connectivity index (χ2v) is 4.62. The van der Waals surface area contributed by atoms with Crippen molar-refractivity contribution in [2.45, 2.75) is 60.4 Å². The maximum absolute atomic E-state index is 5.29. The minimum Gasteiger partial charge on any atom is -0.380 e. The molecular weight excluding hydrogens is 198 g/mol. The lowest BCUT2D eigenvalue weighted by molar-refractivity contribution is -0.141. The maximum atomic E-state index is 5.29. The van der Waals surface area contributed by atoms with Crippen molar-refractivity contribution in [2.24, 2.45) is 5.41 Å². The van der Waals surface area contributed by atoms with Crippen LogP contribution in [0.2, 0.25) is 0 Å². The molecule has 2 aliphatic rings. The molecule has 0 unspecified atom stereocenters. The van der Waals surface area contributed by atoms with E-state index in [9.17, 15) is 0 Å². The van der Waals surface area contributed by atoms with Gasteiger partial charge in [-0.2, -0.15) is 0 Å². The van der Waals surface area contributed by atoms with E-state index < -0.39 is 0 Å². The monoisotopic (exact) mass is 229 g/mol. The highest BCUT2D eigenvalue weighted by atomic mass is 16.5. The number of ether oxygens (including phenoxy) is 1. The number of nitrogens with zero attached hydrogens (tertiary/aromatic N) is 1. The number of hydrogen-bond donors (Lipinski definition) is 0. The van der Waals surface area contributed by atoms with Crippen molar-refractivity contribution < 1.29 is 4.74 Å². The second kappa shape index (κ2) is 8.08. The van der Waals surface area contributed by atoms with Gasteiger partial charge in [-0.25, -0.2) is 0 Å². The SMILES string of the molecule is CC.CC.CC(C)N1CCC2(CC1)COC2. The minimum absolute atomic E-state index is 0.603. The Hall–Kier alpha value is -0.0800. The smallest absolute Gasteiger partial charge is 0.0545 e. The second-order valence-electron chi connectivity index (χ2n) is 4.62. The van der Waals surface area contributed by atoms with E-state index in [1.807, 2.05) is 27.7 Å². The lowest BCUT2D eigenvalue weighted by Crippen LogP contribution is -2.52. The summed E-state index contributed by atoms with van der Waals surface area (Å²) in [5, 5.41) is 0. The Morgan fingerprint density at radius 3 is 1.62 bits per heavy atom. The molecule has 1 spiro atoms. The van der Waals surface area contributed by atoms with Crippen LogP contribution in [0.3, 0.4) is 0 Å². The number of likely N-dealkylation sites (tertiary alicyclic amines) is 1. The lowest BCUT2D eigenvalue weighted by atomic mass is 9.76. The first-order valence-corrected chi connectivity index (χ1v) is 7.04. The quantitative estimate of drug-likeness (QED) is 0.681. The molecule has 0 radical (unpaired) electrons. The predicted molar refractivity (Wildman–Crippen MR) is 71.9 cm³/mol. The first-order chi connectivity index (χ1) is 7.72. The molecule has 2 nitrogen and oxygen atoms in total. The van der Waals surface area contributed by atoms with Gasteiger partial charge in [0.05, 0.1) is 13.2 Å². The van der Waals surface area contributed by atoms with Gasteiger partial charge in [0.25, 0.3) is 0 Å². The third-order valence-corrected chi connectivity index (χ3v) is 3.41. The van der Waals surface area contributed by atoms with Gasteiger partial charge in [0, 0.05) is 11.5 Å². The maximum Gasteiger partial charge on any atom is 0.0545 e. The summed E-state index contributed by atoms with van der Waals surface area (Å²) in [6, 6.07) is 0.725. The van der Waals surface area contributed by atoms with Crippen molar-refractivity contribution in [3.8, 4) is 0 Å². The van der Waals surface area contributed by atoms with Crippen LogP contribution in [0.5, 0.6) is 0 Å². The molecule has 2 aliphatic heterocycles. The Bertz CT molecular complexity index is 154. The fourth-order valence-electron chi connectivity index (χ4n) is 2.19. The molecule has 2 heteroatoms. The van der Waals surface area contributed by atoms with E-state index in [1.54, 1.807) is 0 Å². The van der Waals surface area contributed by atoms with Crippen molar-refractivity contribution in [1.82, 2.24) is 4.90 Å². The summed E-state index contributed by atoms with van der Waals surface area (Å²) in [5.74, 6) is 0. The third-order valence-electron chi connectivity index (χ3n) is 3.41. The summed E-state index contributed by atoms with van der Waals surface area (Å²) in [6.45, 7) is 17.2. The zero-order chi connectivity index (χ0) is 12.6. The summed E-state index contributed by atoms with van der Waals surface area (Å²) in [4.78, 5) is 2.57. The fraction of sp³-hybridized carbons (Fsp3) is 1.00. The molecule has 2 heterocycles.